The van der Waals surface area contributed by atoms with Crippen LogP contribution in [-0.2, 0) is 28.4 Å². The maximum atomic E-state index is 13.5. The van der Waals surface area contributed by atoms with E-state index >= 15 is 0 Å². The molecule has 2 atom stereocenters. The molecule has 0 radical (unpaired) electrons. The van der Waals surface area contributed by atoms with E-state index in [2.05, 4.69) is 5.32 Å². The minimum absolute atomic E-state index is 0.0261. The number of nitrogens with one attached hydrogen (secondary N) is 1. The summed E-state index contributed by atoms with van der Waals surface area (Å²) in [6.45, 7) is 1.22. The van der Waals surface area contributed by atoms with Crippen molar-refractivity contribution in [2.45, 2.75) is 63.6 Å². The number of methoxy groups -OCH3 is 3. The summed E-state index contributed by atoms with van der Waals surface area (Å²) in [6, 6.07) is 2.95. The molecule has 220 valence electrons. The Morgan fingerprint density at radius 1 is 0.925 bits per heavy atom. The van der Waals surface area contributed by atoms with Crippen molar-refractivity contribution in [3.8, 4) is 11.5 Å². The molecule has 0 aromatic heterocycles. The number of halogens is 6. The van der Waals surface area contributed by atoms with Gasteiger partial charge in [-0.15, -0.1) is 0 Å². The average molecular weight is 577 g/mol. The molecule has 0 aliphatic carbocycles. The summed E-state index contributed by atoms with van der Waals surface area (Å²) < 4.78 is 96.6. The maximum Gasteiger partial charge on any atom is 0.416 e. The van der Waals surface area contributed by atoms with Crippen LogP contribution in [0.15, 0.2) is 30.3 Å². The zero-order valence-electron chi connectivity index (χ0n) is 22.3. The first-order valence-electron chi connectivity index (χ1n) is 12.4. The predicted octanol–water partition coefficient (Wildman–Crippen LogP) is 6.99. The first kappa shape index (κ1) is 30.9. The highest BCUT2D eigenvalue weighted by atomic mass is 19.4. The molecule has 0 fully saturated rings. The fourth-order valence-corrected chi connectivity index (χ4v) is 4.78. The van der Waals surface area contributed by atoms with Gasteiger partial charge in [0.15, 0.2) is 11.5 Å². The van der Waals surface area contributed by atoms with E-state index in [1.807, 2.05) is 6.92 Å². The lowest BCUT2D eigenvalue weighted by Gasteiger charge is -2.39. The Hall–Kier alpha value is -3.64. The summed E-state index contributed by atoms with van der Waals surface area (Å²) >= 11 is 0. The number of hydrogen-bond donors (Lipinski definition) is 1. The number of amides is 1. The van der Waals surface area contributed by atoms with Gasteiger partial charge in [0, 0.05) is 42.7 Å². The van der Waals surface area contributed by atoms with Gasteiger partial charge in [0.2, 0.25) is 0 Å². The van der Waals surface area contributed by atoms with Gasteiger partial charge in [0.25, 0.3) is 0 Å². The number of nitrogens with zero attached hydrogens (tertiary/aromatic N) is 1. The van der Waals surface area contributed by atoms with Crippen molar-refractivity contribution in [1.82, 2.24) is 4.90 Å². The normalized spacial score (nSPS) is 16.9. The molecule has 1 amide bonds. The van der Waals surface area contributed by atoms with Crippen molar-refractivity contribution in [2.24, 2.45) is 0 Å². The Labute approximate surface area is 227 Å². The number of benzene rings is 2. The SMILES string of the molecule is CCCC(=O)CC1CC(N(Cc2cc(C(F)(F)F)cc(C(F)(F)F)c2)C(=O)OC)c2cc(OC)c(OC)cc2N1. The molecule has 40 heavy (non-hydrogen) atoms. The van der Waals surface area contributed by atoms with E-state index in [4.69, 9.17) is 14.2 Å². The Morgan fingerprint density at radius 2 is 1.50 bits per heavy atom. The van der Waals surface area contributed by atoms with E-state index < -0.39 is 53.8 Å². The molecule has 3 rings (SSSR count). The molecule has 0 spiro atoms. The lowest BCUT2D eigenvalue weighted by atomic mass is 9.88. The largest absolute Gasteiger partial charge is 0.493 e. The van der Waals surface area contributed by atoms with Gasteiger partial charge in [0.05, 0.1) is 38.5 Å². The van der Waals surface area contributed by atoms with Crippen molar-refractivity contribution >= 4 is 17.6 Å². The van der Waals surface area contributed by atoms with E-state index in [-0.39, 0.29) is 30.4 Å². The molecule has 2 aromatic rings. The van der Waals surface area contributed by atoms with E-state index in [0.29, 0.717) is 42.0 Å². The van der Waals surface area contributed by atoms with Crippen LogP contribution >= 0.6 is 0 Å². The number of fused-ring (bicyclic) bond motifs is 1. The maximum absolute atomic E-state index is 13.5. The van der Waals surface area contributed by atoms with Crippen molar-refractivity contribution in [2.75, 3.05) is 26.6 Å². The molecule has 1 aliphatic rings. The minimum atomic E-state index is -5.05. The molecule has 2 aromatic carbocycles. The lowest BCUT2D eigenvalue weighted by molar-refractivity contribution is -0.143. The van der Waals surface area contributed by atoms with Gasteiger partial charge in [-0.1, -0.05) is 6.92 Å². The second-order valence-electron chi connectivity index (χ2n) is 9.39. The van der Waals surface area contributed by atoms with Gasteiger partial charge in [0.1, 0.15) is 5.78 Å². The Balaban J connectivity index is 2.14. The number of ether oxygens (including phenoxy) is 3. The molecular formula is C27H30F6N2O5. The van der Waals surface area contributed by atoms with Gasteiger partial charge < -0.3 is 19.5 Å². The molecular weight excluding hydrogens is 546 g/mol. The lowest BCUT2D eigenvalue weighted by Crippen LogP contribution is -2.41. The quantitative estimate of drug-likeness (QED) is 0.324. The number of hydrogen-bond acceptors (Lipinski definition) is 6. The fraction of sp³-hybridized carbons (Fsp3) is 0.481. The summed E-state index contributed by atoms with van der Waals surface area (Å²) in [4.78, 5) is 26.5. The van der Waals surface area contributed by atoms with Crippen LogP contribution in [0.2, 0.25) is 0 Å². The molecule has 7 nitrogen and oxygen atoms in total. The van der Waals surface area contributed by atoms with Crippen LogP contribution < -0.4 is 14.8 Å². The number of rotatable bonds is 9. The standard InChI is InChI=1S/C27H30F6N2O5/c1-5-6-19(36)10-18-11-22(20-12-23(38-2)24(39-3)13-21(20)34-18)35(25(37)40-4)14-15-7-16(26(28,29)30)9-17(8-15)27(31,32)33/h7-9,12-13,18,22,34H,5-6,10-11,14H2,1-4H3. The van der Waals surface area contributed by atoms with Crippen molar-refractivity contribution < 1.29 is 50.1 Å². The number of ketones is 1. The zero-order valence-corrected chi connectivity index (χ0v) is 22.3. The molecule has 0 bridgehead atoms. The van der Waals surface area contributed by atoms with Crippen LogP contribution in [0.3, 0.4) is 0 Å². The van der Waals surface area contributed by atoms with Gasteiger partial charge in [-0.25, -0.2) is 4.79 Å². The number of carbonyl (C=O) groups is 2. The van der Waals surface area contributed by atoms with Crippen molar-refractivity contribution in [3.05, 3.63) is 52.6 Å². The highest BCUT2D eigenvalue weighted by Crippen LogP contribution is 2.45. The van der Waals surface area contributed by atoms with Crippen LogP contribution in [0.25, 0.3) is 0 Å². The Bertz CT molecular complexity index is 1200. The summed E-state index contributed by atoms with van der Waals surface area (Å²) in [6.07, 6.45) is -9.91. The average Bonchev–Trinajstić information content (AvgIpc) is 2.89. The topological polar surface area (TPSA) is 77.1 Å². The van der Waals surface area contributed by atoms with E-state index in [9.17, 15) is 35.9 Å². The van der Waals surface area contributed by atoms with Crippen LogP contribution in [0.4, 0.5) is 36.8 Å². The Kier molecular flexibility index (Phi) is 9.47. The Morgan fingerprint density at radius 3 is 2.00 bits per heavy atom. The van der Waals surface area contributed by atoms with E-state index in [1.54, 1.807) is 12.1 Å². The van der Waals surface area contributed by atoms with Gasteiger partial charge in [-0.3, -0.25) is 9.69 Å². The third-order valence-electron chi connectivity index (χ3n) is 6.57. The fourth-order valence-electron chi connectivity index (χ4n) is 4.78. The first-order chi connectivity index (χ1) is 18.7. The third-order valence-corrected chi connectivity index (χ3v) is 6.57. The van der Waals surface area contributed by atoms with Gasteiger partial charge >= 0.3 is 18.4 Å². The number of Topliss-reactive ketones (excluding diaryl/α,β-unsaturated/α-hetero) is 1. The second kappa shape index (κ2) is 12.3. The summed E-state index contributed by atoms with van der Waals surface area (Å²) in [5.74, 6) is 0.585. The smallest absolute Gasteiger partial charge is 0.416 e. The van der Waals surface area contributed by atoms with Crippen LogP contribution in [-0.4, -0.2) is 44.1 Å². The van der Waals surface area contributed by atoms with Crippen molar-refractivity contribution in [1.29, 1.82) is 0 Å². The number of anilines is 1. The summed E-state index contributed by atoms with van der Waals surface area (Å²) in [7, 11) is 3.86. The molecule has 1 heterocycles. The zero-order chi connectivity index (χ0) is 29.8. The van der Waals surface area contributed by atoms with Gasteiger partial charge in [-0.05, 0) is 42.7 Å². The van der Waals surface area contributed by atoms with Crippen LogP contribution in [0, 0.1) is 0 Å². The van der Waals surface area contributed by atoms with Gasteiger partial charge in [-0.2, -0.15) is 26.3 Å². The van der Waals surface area contributed by atoms with Crippen LogP contribution in [0.5, 0.6) is 11.5 Å². The number of carbonyl (C=O) groups excluding carboxylic acids is 2. The molecule has 13 heteroatoms. The molecule has 0 saturated heterocycles. The molecule has 1 aliphatic heterocycles. The van der Waals surface area contributed by atoms with E-state index in [0.717, 1.165) is 12.0 Å². The summed E-state index contributed by atoms with van der Waals surface area (Å²) in [5.41, 5.74) is -2.46. The highest BCUT2D eigenvalue weighted by Gasteiger charge is 2.39. The molecule has 0 saturated carbocycles. The highest BCUT2D eigenvalue weighted by molar-refractivity contribution is 5.80. The summed E-state index contributed by atoms with van der Waals surface area (Å²) in [5, 5.41) is 3.24. The third kappa shape index (κ3) is 7.11. The molecule has 2 unspecified atom stereocenters. The van der Waals surface area contributed by atoms with E-state index in [1.165, 1.54) is 14.2 Å². The first-order valence-corrected chi connectivity index (χ1v) is 12.4. The monoisotopic (exact) mass is 576 g/mol. The predicted molar refractivity (Wildman–Crippen MR) is 133 cm³/mol. The number of alkyl halides is 6. The van der Waals surface area contributed by atoms with Crippen molar-refractivity contribution in [3.63, 3.8) is 0 Å². The second-order valence-corrected chi connectivity index (χ2v) is 9.39. The molecule has 1 N–H and O–H groups in total. The minimum Gasteiger partial charge on any atom is -0.493 e. The van der Waals surface area contributed by atoms with Crippen LogP contribution in [0.1, 0.15) is 60.9 Å².